The number of sulfonamides is 1. The molecule has 0 saturated carbocycles. The zero-order valence-electron chi connectivity index (χ0n) is 18.8. The summed E-state index contributed by atoms with van der Waals surface area (Å²) in [6.07, 6.45) is 1.75. The summed E-state index contributed by atoms with van der Waals surface area (Å²) in [5.41, 5.74) is 2.48. The first kappa shape index (κ1) is 24.7. The van der Waals surface area contributed by atoms with Crippen LogP contribution < -0.4 is 0 Å². The van der Waals surface area contributed by atoms with Gasteiger partial charge in [-0.15, -0.1) is 0 Å². The molecule has 0 spiro atoms. The number of piperazine rings is 1. The molecular formula is C24H31ClN2O4S. The summed E-state index contributed by atoms with van der Waals surface area (Å²) >= 11 is 5.95. The number of halogens is 1. The lowest BCUT2D eigenvalue weighted by atomic mass is 10.1. The number of carboxylic acid groups (broad SMARTS) is 1. The molecule has 1 aliphatic rings. The van der Waals surface area contributed by atoms with Crippen molar-refractivity contribution in [1.82, 2.24) is 9.21 Å². The van der Waals surface area contributed by atoms with Gasteiger partial charge < -0.3 is 10.0 Å². The van der Waals surface area contributed by atoms with Gasteiger partial charge in [-0.2, -0.15) is 4.31 Å². The average molecular weight is 479 g/mol. The summed E-state index contributed by atoms with van der Waals surface area (Å²) in [6, 6.07) is 12.4. The van der Waals surface area contributed by atoms with E-state index in [1.165, 1.54) is 11.6 Å². The summed E-state index contributed by atoms with van der Waals surface area (Å²) in [7, 11) is -3.73. The molecule has 2 unspecified atom stereocenters. The quantitative estimate of drug-likeness (QED) is 0.620. The Labute approximate surface area is 195 Å². The zero-order valence-corrected chi connectivity index (χ0v) is 20.4. The minimum absolute atomic E-state index is 0.170. The van der Waals surface area contributed by atoms with Crippen molar-refractivity contribution in [3.63, 3.8) is 0 Å². The molecule has 1 aliphatic heterocycles. The molecule has 1 fully saturated rings. The van der Waals surface area contributed by atoms with Crippen LogP contribution in [0.5, 0.6) is 0 Å². The number of carboxylic acids is 1. The van der Waals surface area contributed by atoms with E-state index in [1.54, 1.807) is 23.4 Å². The first-order valence-electron chi connectivity index (χ1n) is 10.9. The van der Waals surface area contributed by atoms with E-state index in [-0.39, 0.29) is 23.4 Å². The number of carbonyl (C=O) groups is 1. The van der Waals surface area contributed by atoms with Gasteiger partial charge in [-0.3, -0.25) is 4.79 Å². The molecule has 8 heteroatoms. The topological polar surface area (TPSA) is 77.9 Å². The van der Waals surface area contributed by atoms with Crippen molar-refractivity contribution in [2.45, 2.75) is 57.0 Å². The summed E-state index contributed by atoms with van der Waals surface area (Å²) in [5, 5.41) is 9.83. The van der Waals surface area contributed by atoms with Crippen molar-refractivity contribution in [3.8, 4) is 0 Å². The molecule has 1 heterocycles. The number of hydrogen-bond acceptors (Lipinski definition) is 4. The van der Waals surface area contributed by atoms with Crippen LogP contribution in [0.2, 0.25) is 5.02 Å². The van der Waals surface area contributed by atoms with Gasteiger partial charge in [0.15, 0.2) is 0 Å². The minimum atomic E-state index is -3.73. The molecule has 1 saturated heterocycles. The predicted octanol–water partition coefficient (Wildman–Crippen LogP) is 3.99. The maximum absolute atomic E-state index is 13.5. The van der Waals surface area contributed by atoms with Gasteiger partial charge in [0.05, 0.1) is 11.3 Å². The molecule has 32 heavy (non-hydrogen) atoms. The van der Waals surface area contributed by atoms with E-state index in [4.69, 9.17) is 16.7 Å². The van der Waals surface area contributed by atoms with Gasteiger partial charge in [0.2, 0.25) is 10.0 Å². The SMILES string of the molecule is Cc1cc(CC(=O)O)cc(S(=O)(=O)N2C(C)CN(CCCc3ccc(Cl)cc3)CC2C)c1. The number of benzene rings is 2. The normalized spacial score (nSPS) is 20.4. The van der Waals surface area contributed by atoms with E-state index < -0.39 is 16.0 Å². The Bertz CT molecular complexity index is 1040. The molecule has 174 valence electrons. The fourth-order valence-electron chi connectivity index (χ4n) is 4.60. The highest BCUT2D eigenvalue weighted by Gasteiger charge is 2.38. The van der Waals surface area contributed by atoms with E-state index in [2.05, 4.69) is 4.90 Å². The van der Waals surface area contributed by atoms with Crippen molar-refractivity contribution in [2.75, 3.05) is 19.6 Å². The van der Waals surface area contributed by atoms with E-state index in [9.17, 15) is 13.2 Å². The maximum atomic E-state index is 13.5. The second kappa shape index (κ2) is 10.3. The third-order valence-corrected chi connectivity index (χ3v) is 8.17. The van der Waals surface area contributed by atoms with Crippen LogP contribution in [0.15, 0.2) is 47.4 Å². The standard InChI is InChI=1S/C24H31ClN2O4S/c1-17-11-21(14-24(28)29)13-23(12-17)32(30,31)27-18(2)15-26(16-19(27)3)10-4-5-20-6-8-22(25)9-7-20/h6-9,11-13,18-19H,4-5,10,14-16H2,1-3H3,(H,28,29). The van der Waals surface area contributed by atoms with Gasteiger partial charge >= 0.3 is 5.97 Å². The van der Waals surface area contributed by atoms with Gasteiger partial charge in [0.1, 0.15) is 0 Å². The summed E-state index contributed by atoms with van der Waals surface area (Å²) < 4.78 is 28.5. The molecular weight excluding hydrogens is 448 g/mol. The second-order valence-corrected chi connectivity index (χ2v) is 11.0. The van der Waals surface area contributed by atoms with Crippen molar-refractivity contribution >= 4 is 27.6 Å². The van der Waals surface area contributed by atoms with Crippen LogP contribution in [-0.4, -0.2) is 60.4 Å². The lowest BCUT2D eigenvalue weighted by Crippen LogP contribution is -2.58. The Hall–Kier alpha value is -1.93. The Morgan fingerprint density at radius 1 is 1.06 bits per heavy atom. The van der Waals surface area contributed by atoms with Crippen molar-refractivity contribution in [3.05, 3.63) is 64.2 Å². The van der Waals surface area contributed by atoms with Crippen molar-refractivity contribution in [2.24, 2.45) is 0 Å². The van der Waals surface area contributed by atoms with Crippen molar-refractivity contribution < 1.29 is 18.3 Å². The summed E-state index contributed by atoms with van der Waals surface area (Å²) in [4.78, 5) is 13.6. The summed E-state index contributed by atoms with van der Waals surface area (Å²) in [6.45, 7) is 7.89. The molecule has 0 radical (unpaired) electrons. The predicted molar refractivity (Wildman–Crippen MR) is 127 cm³/mol. The highest BCUT2D eigenvalue weighted by molar-refractivity contribution is 7.89. The van der Waals surface area contributed by atoms with Gasteiger partial charge in [0.25, 0.3) is 0 Å². The molecule has 0 bridgehead atoms. The van der Waals surface area contributed by atoms with Gasteiger partial charge in [-0.25, -0.2) is 8.42 Å². The lowest BCUT2D eigenvalue weighted by Gasteiger charge is -2.43. The lowest BCUT2D eigenvalue weighted by molar-refractivity contribution is -0.136. The van der Waals surface area contributed by atoms with E-state index in [1.807, 2.05) is 38.1 Å². The second-order valence-electron chi connectivity index (χ2n) is 8.75. The van der Waals surface area contributed by atoms with Crippen LogP contribution >= 0.6 is 11.6 Å². The highest BCUT2D eigenvalue weighted by Crippen LogP contribution is 2.27. The number of aryl methyl sites for hydroxylation is 2. The van der Waals surface area contributed by atoms with Crippen LogP contribution in [0.4, 0.5) is 0 Å². The van der Waals surface area contributed by atoms with E-state index in [0.29, 0.717) is 18.7 Å². The first-order chi connectivity index (χ1) is 15.1. The number of aliphatic carboxylic acids is 1. The molecule has 3 rings (SSSR count). The Morgan fingerprint density at radius 3 is 2.28 bits per heavy atom. The average Bonchev–Trinajstić information content (AvgIpc) is 2.68. The highest BCUT2D eigenvalue weighted by atomic mass is 35.5. The number of hydrogen-bond donors (Lipinski definition) is 1. The van der Waals surface area contributed by atoms with E-state index >= 15 is 0 Å². The molecule has 2 aromatic rings. The fourth-order valence-corrected chi connectivity index (χ4v) is 6.69. The van der Waals surface area contributed by atoms with Crippen LogP contribution in [-0.2, 0) is 27.7 Å². The number of rotatable bonds is 8. The van der Waals surface area contributed by atoms with Crippen LogP contribution in [0, 0.1) is 6.92 Å². The Kier molecular flexibility index (Phi) is 7.98. The molecule has 2 aromatic carbocycles. The largest absolute Gasteiger partial charge is 0.481 e. The molecule has 1 N–H and O–H groups in total. The molecule has 0 amide bonds. The first-order valence-corrected chi connectivity index (χ1v) is 12.7. The molecule has 2 atom stereocenters. The van der Waals surface area contributed by atoms with Crippen LogP contribution in [0.3, 0.4) is 0 Å². The van der Waals surface area contributed by atoms with Crippen LogP contribution in [0.25, 0.3) is 0 Å². The maximum Gasteiger partial charge on any atom is 0.307 e. The minimum Gasteiger partial charge on any atom is -0.481 e. The van der Waals surface area contributed by atoms with Crippen LogP contribution in [0.1, 0.15) is 37.0 Å². The molecule has 6 nitrogen and oxygen atoms in total. The summed E-state index contributed by atoms with van der Waals surface area (Å²) in [5.74, 6) is -0.979. The smallest absolute Gasteiger partial charge is 0.307 e. The monoisotopic (exact) mass is 478 g/mol. The molecule has 0 aromatic heterocycles. The van der Waals surface area contributed by atoms with Crippen molar-refractivity contribution in [1.29, 1.82) is 0 Å². The Balaban J connectivity index is 1.67. The van der Waals surface area contributed by atoms with Gasteiger partial charge in [0, 0.05) is 30.2 Å². The Morgan fingerprint density at radius 2 is 1.69 bits per heavy atom. The zero-order chi connectivity index (χ0) is 23.5. The number of nitrogens with zero attached hydrogens (tertiary/aromatic N) is 2. The van der Waals surface area contributed by atoms with E-state index in [0.717, 1.165) is 30.0 Å². The van der Waals surface area contributed by atoms with Gasteiger partial charge in [-0.1, -0.05) is 29.8 Å². The fraction of sp³-hybridized carbons (Fsp3) is 0.458. The third-order valence-electron chi connectivity index (χ3n) is 5.81. The molecule has 0 aliphatic carbocycles. The van der Waals surface area contributed by atoms with Gasteiger partial charge in [-0.05, 0) is 81.1 Å². The third kappa shape index (κ3) is 6.10.